The van der Waals surface area contributed by atoms with E-state index >= 15 is 0 Å². The van der Waals surface area contributed by atoms with Crippen LogP contribution in [0.4, 0.5) is 4.39 Å². The van der Waals surface area contributed by atoms with Crippen molar-refractivity contribution in [3.05, 3.63) is 35.6 Å². The first-order valence-corrected chi connectivity index (χ1v) is 8.29. The molecule has 3 rings (SSSR count). The van der Waals surface area contributed by atoms with Gasteiger partial charge in [0.25, 0.3) is 0 Å². The van der Waals surface area contributed by atoms with Crippen LogP contribution < -0.4 is 5.32 Å². The van der Waals surface area contributed by atoms with Gasteiger partial charge in [-0.2, -0.15) is 0 Å². The van der Waals surface area contributed by atoms with E-state index in [9.17, 15) is 4.39 Å². The Bertz CT molecular complexity index is 404. The van der Waals surface area contributed by atoms with Crippen LogP contribution in [0.3, 0.4) is 0 Å². The lowest BCUT2D eigenvalue weighted by molar-refractivity contribution is 0.239. The third-order valence-corrected chi connectivity index (χ3v) is 4.97. The van der Waals surface area contributed by atoms with Crippen molar-refractivity contribution in [2.75, 3.05) is 6.54 Å². The minimum absolute atomic E-state index is 0.126. The number of hydrogen-bond donors (Lipinski definition) is 1. The number of nitrogens with one attached hydrogen (secondary N) is 1. The van der Waals surface area contributed by atoms with Crippen LogP contribution in [0.25, 0.3) is 0 Å². The lowest BCUT2D eigenvalue weighted by atomic mass is 9.77. The number of halogens is 1. The van der Waals surface area contributed by atoms with Crippen LogP contribution in [-0.4, -0.2) is 12.6 Å². The Hall–Kier alpha value is -0.890. The lowest BCUT2D eigenvalue weighted by Gasteiger charge is -2.31. The van der Waals surface area contributed by atoms with Crippen molar-refractivity contribution in [1.29, 1.82) is 0 Å². The molecular formula is C18H26FN. The number of benzene rings is 1. The lowest BCUT2D eigenvalue weighted by Crippen LogP contribution is -2.32. The highest BCUT2D eigenvalue weighted by atomic mass is 19.1. The molecule has 0 spiro atoms. The fraction of sp³-hybridized carbons (Fsp3) is 0.667. The molecule has 2 heteroatoms. The first-order valence-electron chi connectivity index (χ1n) is 8.29. The molecule has 1 nitrogen and oxygen atoms in total. The second kappa shape index (κ2) is 6.71. The van der Waals surface area contributed by atoms with Gasteiger partial charge >= 0.3 is 0 Å². The summed E-state index contributed by atoms with van der Waals surface area (Å²) < 4.78 is 13.0. The van der Waals surface area contributed by atoms with E-state index in [0.717, 1.165) is 30.8 Å². The molecule has 110 valence electrons. The first kappa shape index (κ1) is 14.1. The zero-order valence-corrected chi connectivity index (χ0v) is 12.3. The van der Waals surface area contributed by atoms with E-state index in [-0.39, 0.29) is 5.82 Å². The van der Waals surface area contributed by atoms with Gasteiger partial charge < -0.3 is 5.32 Å². The van der Waals surface area contributed by atoms with E-state index in [4.69, 9.17) is 0 Å². The van der Waals surface area contributed by atoms with Gasteiger partial charge in [0.2, 0.25) is 0 Å². The molecule has 2 saturated carbocycles. The highest BCUT2D eigenvalue weighted by molar-refractivity contribution is 5.17. The summed E-state index contributed by atoms with van der Waals surface area (Å²) in [4.78, 5) is 0. The molecule has 2 aliphatic rings. The highest BCUT2D eigenvalue weighted by Gasteiger charge is 2.27. The average Bonchev–Trinajstić information content (AvgIpc) is 3.31. The van der Waals surface area contributed by atoms with E-state index in [1.807, 2.05) is 12.1 Å². The zero-order valence-electron chi connectivity index (χ0n) is 12.3. The fourth-order valence-electron chi connectivity index (χ4n) is 3.54. The fourth-order valence-corrected chi connectivity index (χ4v) is 3.54. The van der Waals surface area contributed by atoms with Crippen molar-refractivity contribution in [3.8, 4) is 0 Å². The molecule has 0 amide bonds. The molecular weight excluding hydrogens is 249 g/mol. The van der Waals surface area contributed by atoms with Gasteiger partial charge in [0.15, 0.2) is 0 Å². The Morgan fingerprint density at radius 3 is 2.35 bits per heavy atom. The molecule has 0 aliphatic heterocycles. The monoisotopic (exact) mass is 275 g/mol. The molecule has 1 atom stereocenters. The van der Waals surface area contributed by atoms with Crippen LogP contribution >= 0.6 is 0 Å². The Morgan fingerprint density at radius 2 is 1.70 bits per heavy atom. The van der Waals surface area contributed by atoms with E-state index < -0.39 is 0 Å². The molecule has 1 N–H and O–H groups in total. The van der Waals surface area contributed by atoms with Gasteiger partial charge in [-0.15, -0.1) is 0 Å². The number of hydrogen-bond acceptors (Lipinski definition) is 1. The minimum atomic E-state index is -0.126. The highest BCUT2D eigenvalue weighted by Crippen LogP contribution is 2.32. The summed E-state index contributed by atoms with van der Waals surface area (Å²) in [5, 5.41) is 3.71. The quantitative estimate of drug-likeness (QED) is 0.815. The van der Waals surface area contributed by atoms with Crippen molar-refractivity contribution in [2.45, 2.75) is 57.4 Å². The van der Waals surface area contributed by atoms with Crippen molar-refractivity contribution >= 4 is 0 Å². The summed E-state index contributed by atoms with van der Waals surface area (Å²) in [7, 11) is 0. The molecule has 0 radical (unpaired) electrons. The zero-order chi connectivity index (χ0) is 13.8. The largest absolute Gasteiger partial charge is 0.314 e. The van der Waals surface area contributed by atoms with Crippen LogP contribution in [-0.2, 0) is 6.42 Å². The first-order chi connectivity index (χ1) is 9.81. The molecule has 0 heterocycles. The topological polar surface area (TPSA) is 12.0 Å². The van der Waals surface area contributed by atoms with E-state index in [1.54, 1.807) is 12.1 Å². The van der Waals surface area contributed by atoms with Gasteiger partial charge in [-0.1, -0.05) is 44.2 Å². The Labute approximate surface area is 122 Å². The van der Waals surface area contributed by atoms with Crippen LogP contribution in [0.15, 0.2) is 24.3 Å². The van der Waals surface area contributed by atoms with Crippen molar-refractivity contribution in [1.82, 2.24) is 5.32 Å². The number of rotatable bonds is 6. The third kappa shape index (κ3) is 4.05. The van der Waals surface area contributed by atoms with Crippen molar-refractivity contribution in [2.24, 2.45) is 11.8 Å². The van der Waals surface area contributed by atoms with Crippen LogP contribution in [0.2, 0.25) is 0 Å². The summed E-state index contributed by atoms with van der Waals surface area (Å²) in [6.07, 6.45) is 10.8. The summed E-state index contributed by atoms with van der Waals surface area (Å²) in [6, 6.07) is 7.91. The molecule has 1 unspecified atom stereocenters. The smallest absolute Gasteiger partial charge is 0.123 e. The van der Waals surface area contributed by atoms with E-state index in [0.29, 0.717) is 0 Å². The van der Waals surface area contributed by atoms with E-state index in [2.05, 4.69) is 5.32 Å². The maximum atomic E-state index is 13.0. The van der Waals surface area contributed by atoms with Crippen molar-refractivity contribution < 1.29 is 4.39 Å². The van der Waals surface area contributed by atoms with Crippen LogP contribution in [0, 0.1) is 17.7 Å². The predicted molar refractivity (Wildman–Crippen MR) is 81.2 cm³/mol. The van der Waals surface area contributed by atoms with Gasteiger partial charge in [-0.25, -0.2) is 4.39 Å². The third-order valence-electron chi connectivity index (χ3n) is 4.97. The van der Waals surface area contributed by atoms with Crippen LogP contribution in [0.5, 0.6) is 0 Å². The van der Waals surface area contributed by atoms with Gasteiger partial charge in [0.05, 0.1) is 0 Å². The normalized spacial score (nSPS) is 21.9. The average molecular weight is 275 g/mol. The Balaban J connectivity index is 1.61. The molecule has 20 heavy (non-hydrogen) atoms. The molecule has 2 aliphatic carbocycles. The Morgan fingerprint density at radius 1 is 1.00 bits per heavy atom. The molecule has 2 fully saturated rings. The van der Waals surface area contributed by atoms with Gasteiger partial charge in [0, 0.05) is 6.04 Å². The molecule has 1 aromatic carbocycles. The SMILES string of the molecule is Fc1ccc(CC(CNC2CC2)C2CCCCC2)cc1. The second-order valence-electron chi connectivity index (χ2n) is 6.67. The van der Waals surface area contributed by atoms with E-state index in [1.165, 1.54) is 50.5 Å². The van der Waals surface area contributed by atoms with Gasteiger partial charge in [-0.3, -0.25) is 0 Å². The van der Waals surface area contributed by atoms with Gasteiger partial charge in [-0.05, 0) is 55.3 Å². The summed E-state index contributed by atoms with van der Waals surface area (Å²) >= 11 is 0. The van der Waals surface area contributed by atoms with Crippen LogP contribution in [0.1, 0.15) is 50.5 Å². The summed E-state index contributed by atoms with van der Waals surface area (Å²) in [5.74, 6) is 1.46. The minimum Gasteiger partial charge on any atom is -0.314 e. The second-order valence-corrected chi connectivity index (χ2v) is 6.67. The maximum absolute atomic E-state index is 13.0. The molecule has 0 saturated heterocycles. The molecule has 0 aromatic heterocycles. The predicted octanol–water partition coefficient (Wildman–Crippen LogP) is 4.32. The molecule has 0 bridgehead atoms. The Kier molecular flexibility index (Phi) is 4.72. The molecule has 1 aromatic rings. The van der Waals surface area contributed by atoms with Gasteiger partial charge in [0.1, 0.15) is 5.82 Å². The summed E-state index contributed by atoms with van der Waals surface area (Å²) in [5.41, 5.74) is 1.29. The summed E-state index contributed by atoms with van der Waals surface area (Å²) in [6.45, 7) is 1.15. The standard InChI is InChI=1S/C18H26FN/c19-17-8-6-14(7-9-17)12-16(13-20-18-10-11-18)15-4-2-1-3-5-15/h6-9,15-16,18,20H,1-5,10-13H2. The maximum Gasteiger partial charge on any atom is 0.123 e. The van der Waals surface area contributed by atoms with Crippen molar-refractivity contribution in [3.63, 3.8) is 0 Å².